The van der Waals surface area contributed by atoms with Gasteiger partial charge in [-0.2, -0.15) is 0 Å². The highest BCUT2D eigenvalue weighted by molar-refractivity contribution is 5.67. The van der Waals surface area contributed by atoms with E-state index in [9.17, 15) is 14.9 Å². The molecular formula is C13H18N2O4. The van der Waals surface area contributed by atoms with E-state index in [1.165, 1.54) is 6.07 Å². The number of nitrogens with zero attached hydrogens (tertiary/aromatic N) is 1. The Hall–Kier alpha value is -2.11. The van der Waals surface area contributed by atoms with E-state index in [1.807, 2.05) is 6.92 Å². The van der Waals surface area contributed by atoms with Gasteiger partial charge in [0.2, 0.25) is 0 Å². The van der Waals surface area contributed by atoms with Gasteiger partial charge in [-0.15, -0.1) is 0 Å². The van der Waals surface area contributed by atoms with Crippen LogP contribution in [0.3, 0.4) is 0 Å². The molecule has 0 aliphatic rings. The molecule has 0 spiro atoms. The maximum absolute atomic E-state index is 10.9. The Morgan fingerprint density at radius 1 is 1.53 bits per heavy atom. The van der Waals surface area contributed by atoms with Crippen molar-refractivity contribution in [3.8, 4) is 0 Å². The summed E-state index contributed by atoms with van der Waals surface area (Å²) in [5, 5.41) is 22.7. The largest absolute Gasteiger partial charge is 0.481 e. The van der Waals surface area contributed by atoms with Crippen LogP contribution in [0, 0.1) is 23.0 Å². The molecule has 0 bridgehead atoms. The van der Waals surface area contributed by atoms with Gasteiger partial charge in [0.05, 0.1) is 4.92 Å². The molecule has 0 aromatic heterocycles. The second kappa shape index (κ2) is 6.72. The number of rotatable bonds is 7. The molecule has 0 heterocycles. The fraction of sp³-hybridized carbons (Fsp3) is 0.462. The SMILES string of the molecule is CCC(CNc1ccc(C)cc1[N+](=O)[O-])CC(=O)O. The zero-order valence-electron chi connectivity index (χ0n) is 11.0. The van der Waals surface area contributed by atoms with Gasteiger partial charge in [-0.1, -0.05) is 19.4 Å². The number of nitro benzene ring substituents is 1. The number of benzene rings is 1. The molecule has 0 aliphatic heterocycles. The minimum Gasteiger partial charge on any atom is -0.481 e. The van der Waals surface area contributed by atoms with Crippen molar-refractivity contribution in [3.63, 3.8) is 0 Å². The summed E-state index contributed by atoms with van der Waals surface area (Å²) in [5.74, 6) is -0.898. The van der Waals surface area contributed by atoms with E-state index in [0.717, 1.165) is 5.56 Å². The molecule has 1 aromatic rings. The van der Waals surface area contributed by atoms with Gasteiger partial charge in [-0.3, -0.25) is 14.9 Å². The van der Waals surface area contributed by atoms with Gasteiger partial charge in [0.15, 0.2) is 0 Å². The molecule has 0 aliphatic carbocycles. The lowest BCUT2D eigenvalue weighted by atomic mass is 10.0. The van der Waals surface area contributed by atoms with Crippen LogP contribution in [0.15, 0.2) is 18.2 Å². The molecule has 6 nitrogen and oxygen atoms in total. The van der Waals surface area contributed by atoms with Crippen LogP contribution < -0.4 is 5.32 Å². The van der Waals surface area contributed by atoms with Crippen LogP contribution >= 0.6 is 0 Å². The smallest absolute Gasteiger partial charge is 0.303 e. The Morgan fingerprint density at radius 3 is 2.74 bits per heavy atom. The lowest BCUT2D eigenvalue weighted by Gasteiger charge is -2.14. The Kier molecular flexibility index (Phi) is 5.29. The van der Waals surface area contributed by atoms with E-state index in [-0.39, 0.29) is 18.0 Å². The molecule has 1 unspecified atom stereocenters. The van der Waals surface area contributed by atoms with Gasteiger partial charge in [0.25, 0.3) is 5.69 Å². The Bertz CT molecular complexity index is 474. The Morgan fingerprint density at radius 2 is 2.21 bits per heavy atom. The number of aryl methyl sites for hydroxylation is 1. The lowest BCUT2D eigenvalue weighted by Crippen LogP contribution is -2.17. The van der Waals surface area contributed by atoms with Crippen LogP contribution in [0.4, 0.5) is 11.4 Å². The number of aliphatic carboxylic acids is 1. The van der Waals surface area contributed by atoms with E-state index < -0.39 is 10.9 Å². The normalized spacial score (nSPS) is 11.9. The molecule has 2 N–H and O–H groups in total. The third-order valence-electron chi connectivity index (χ3n) is 2.97. The topological polar surface area (TPSA) is 92.5 Å². The van der Waals surface area contributed by atoms with Crippen molar-refractivity contribution < 1.29 is 14.8 Å². The summed E-state index contributed by atoms with van der Waals surface area (Å²) < 4.78 is 0. The summed E-state index contributed by atoms with van der Waals surface area (Å²) in [7, 11) is 0. The van der Waals surface area contributed by atoms with Crippen LogP contribution in [0.25, 0.3) is 0 Å². The highest BCUT2D eigenvalue weighted by atomic mass is 16.6. The second-order valence-electron chi connectivity index (χ2n) is 4.53. The summed E-state index contributed by atoms with van der Waals surface area (Å²) in [5.41, 5.74) is 1.26. The molecule has 19 heavy (non-hydrogen) atoms. The monoisotopic (exact) mass is 266 g/mol. The van der Waals surface area contributed by atoms with Crippen LogP contribution in [-0.4, -0.2) is 22.5 Å². The molecule has 104 valence electrons. The van der Waals surface area contributed by atoms with Crippen molar-refractivity contribution >= 4 is 17.3 Å². The minimum absolute atomic E-state index is 0.0187. The van der Waals surface area contributed by atoms with Crippen molar-refractivity contribution in [1.82, 2.24) is 0 Å². The average Bonchev–Trinajstić information content (AvgIpc) is 2.34. The van der Waals surface area contributed by atoms with Gasteiger partial charge < -0.3 is 10.4 Å². The quantitative estimate of drug-likeness (QED) is 0.584. The Labute approximate surface area is 111 Å². The summed E-state index contributed by atoms with van der Waals surface area (Å²) in [6.07, 6.45) is 0.766. The fourth-order valence-electron chi connectivity index (χ4n) is 1.80. The van der Waals surface area contributed by atoms with Gasteiger partial charge in [-0.05, 0) is 24.5 Å². The van der Waals surface area contributed by atoms with E-state index in [2.05, 4.69) is 5.32 Å². The number of carbonyl (C=O) groups is 1. The van der Waals surface area contributed by atoms with E-state index >= 15 is 0 Å². The zero-order valence-corrected chi connectivity index (χ0v) is 11.0. The number of nitro groups is 1. The Balaban J connectivity index is 2.76. The lowest BCUT2D eigenvalue weighted by molar-refractivity contribution is -0.384. The first-order valence-electron chi connectivity index (χ1n) is 6.14. The first-order valence-corrected chi connectivity index (χ1v) is 6.14. The molecule has 6 heteroatoms. The molecule has 0 fully saturated rings. The highest BCUT2D eigenvalue weighted by Crippen LogP contribution is 2.25. The van der Waals surface area contributed by atoms with Crippen LogP contribution in [0.2, 0.25) is 0 Å². The maximum Gasteiger partial charge on any atom is 0.303 e. The molecule has 1 atom stereocenters. The van der Waals surface area contributed by atoms with Gasteiger partial charge in [-0.25, -0.2) is 0 Å². The summed E-state index contributed by atoms with van der Waals surface area (Å²) in [6.45, 7) is 4.10. The molecule has 0 saturated heterocycles. The standard InChI is InChI=1S/C13H18N2O4/c1-3-10(7-13(16)17)8-14-11-5-4-9(2)6-12(11)15(18)19/h4-6,10,14H,3,7-8H2,1-2H3,(H,16,17). The molecule has 1 rings (SSSR count). The number of carboxylic acids is 1. The van der Waals surface area contributed by atoms with Crippen molar-refractivity contribution in [3.05, 3.63) is 33.9 Å². The van der Waals surface area contributed by atoms with Gasteiger partial charge in [0, 0.05) is 19.0 Å². The predicted octanol–water partition coefficient (Wildman–Crippen LogP) is 2.82. The third-order valence-corrected chi connectivity index (χ3v) is 2.97. The van der Waals surface area contributed by atoms with Crippen LogP contribution in [0.5, 0.6) is 0 Å². The zero-order chi connectivity index (χ0) is 14.4. The molecule has 0 amide bonds. The fourth-order valence-corrected chi connectivity index (χ4v) is 1.80. The summed E-state index contributed by atoms with van der Waals surface area (Å²) in [4.78, 5) is 21.2. The van der Waals surface area contributed by atoms with E-state index in [0.29, 0.717) is 18.7 Å². The molecular weight excluding hydrogens is 248 g/mol. The number of hydrogen-bond donors (Lipinski definition) is 2. The number of hydrogen-bond acceptors (Lipinski definition) is 4. The van der Waals surface area contributed by atoms with Gasteiger partial charge in [0.1, 0.15) is 5.69 Å². The first kappa shape index (κ1) is 14.9. The number of nitrogens with one attached hydrogen (secondary N) is 1. The molecule has 0 radical (unpaired) electrons. The van der Waals surface area contributed by atoms with Crippen molar-refractivity contribution in [1.29, 1.82) is 0 Å². The van der Waals surface area contributed by atoms with Crippen molar-refractivity contribution in [2.24, 2.45) is 5.92 Å². The predicted molar refractivity (Wildman–Crippen MR) is 72.4 cm³/mol. The average molecular weight is 266 g/mol. The van der Waals surface area contributed by atoms with E-state index in [1.54, 1.807) is 19.1 Å². The van der Waals surface area contributed by atoms with Crippen molar-refractivity contribution in [2.45, 2.75) is 26.7 Å². The summed E-state index contributed by atoms with van der Waals surface area (Å²) in [6, 6.07) is 4.94. The highest BCUT2D eigenvalue weighted by Gasteiger charge is 2.16. The maximum atomic E-state index is 10.9. The minimum atomic E-state index is -0.855. The third kappa shape index (κ3) is 4.57. The van der Waals surface area contributed by atoms with Crippen LogP contribution in [0.1, 0.15) is 25.3 Å². The number of anilines is 1. The number of carboxylic acid groups (broad SMARTS) is 1. The van der Waals surface area contributed by atoms with Crippen molar-refractivity contribution in [2.75, 3.05) is 11.9 Å². The molecule has 1 aromatic carbocycles. The van der Waals surface area contributed by atoms with E-state index in [4.69, 9.17) is 5.11 Å². The first-order chi connectivity index (χ1) is 8.93. The molecule has 0 saturated carbocycles. The van der Waals surface area contributed by atoms with Crippen LogP contribution in [-0.2, 0) is 4.79 Å². The second-order valence-corrected chi connectivity index (χ2v) is 4.53. The van der Waals surface area contributed by atoms with Gasteiger partial charge >= 0.3 is 5.97 Å². The summed E-state index contributed by atoms with van der Waals surface area (Å²) >= 11 is 0.